The van der Waals surface area contributed by atoms with E-state index >= 15 is 0 Å². The summed E-state index contributed by atoms with van der Waals surface area (Å²) < 4.78 is 19.9. The van der Waals surface area contributed by atoms with Crippen LogP contribution in [0.4, 0.5) is 10.1 Å². The van der Waals surface area contributed by atoms with E-state index in [1.165, 1.54) is 6.07 Å². The smallest absolute Gasteiger partial charge is 0.238 e. The van der Waals surface area contributed by atoms with Crippen LogP contribution in [0.1, 0.15) is 18.5 Å². The van der Waals surface area contributed by atoms with E-state index in [0.717, 1.165) is 0 Å². The third-order valence-corrected chi connectivity index (χ3v) is 4.54. The van der Waals surface area contributed by atoms with Gasteiger partial charge in [-0.05, 0) is 44.3 Å². The maximum absolute atomic E-state index is 14.0. The molecule has 3 aromatic carbocycles. The lowest BCUT2D eigenvalue weighted by atomic mass is 10.1. The van der Waals surface area contributed by atoms with Crippen LogP contribution in [-0.4, -0.2) is 24.4 Å². The number of amides is 1. The molecule has 3 aromatic rings. The second-order valence-corrected chi connectivity index (χ2v) is 6.57. The fourth-order valence-electron chi connectivity index (χ4n) is 2.88. The number of nitrogens with zero attached hydrogens (tertiary/aromatic N) is 1. The van der Waals surface area contributed by atoms with Crippen molar-refractivity contribution in [3.8, 4) is 11.5 Å². The first-order valence-corrected chi connectivity index (χ1v) is 9.11. The molecular formula is C23H23FN2O2. The van der Waals surface area contributed by atoms with Crippen molar-refractivity contribution in [2.45, 2.75) is 13.0 Å². The van der Waals surface area contributed by atoms with Crippen molar-refractivity contribution in [1.82, 2.24) is 4.90 Å². The number of halogens is 1. The van der Waals surface area contributed by atoms with Crippen LogP contribution in [0, 0.1) is 5.82 Å². The number of rotatable bonds is 7. The Labute approximate surface area is 164 Å². The summed E-state index contributed by atoms with van der Waals surface area (Å²) in [5.41, 5.74) is 1.15. The van der Waals surface area contributed by atoms with Gasteiger partial charge in [-0.1, -0.05) is 48.5 Å². The molecule has 0 fully saturated rings. The number of carbonyl (C=O) groups is 1. The molecule has 0 aliphatic rings. The summed E-state index contributed by atoms with van der Waals surface area (Å²) in [6.07, 6.45) is 0. The number of likely N-dealkylation sites (N-methyl/N-ethyl adjacent to an activating group) is 1. The molecule has 28 heavy (non-hydrogen) atoms. The van der Waals surface area contributed by atoms with Crippen molar-refractivity contribution < 1.29 is 13.9 Å². The Morgan fingerprint density at radius 2 is 1.64 bits per heavy atom. The number of carbonyl (C=O) groups excluding carboxylic acids is 1. The second kappa shape index (κ2) is 9.15. The van der Waals surface area contributed by atoms with Gasteiger partial charge in [0.05, 0.1) is 12.2 Å². The Morgan fingerprint density at radius 3 is 2.39 bits per heavy atom. The highest BCUT2D eigenvalue weighted by atomic mass is 19.1. The molecule has 1 atom stereocenters. The molecule has 144 valence electrons. The van der Waals surface area contributed by atoms with Crippen molar-refractivity contribution in [2.24, 2.45) is 0 Å². The van der Waals surface area contributed by atoms with Gasteiger partial charge >= 0.3 is 0 Å². The number of para-hydroxylation sites is 3. The Hall–Kier alpha value is -3.18. The van der Waals surface area contributed by atoms with Gasteiger partial charge in [0.1, 0.15) is 11.6 Å². The van der Waals surface area contributed by atoms with E-state index in [4.69, 9.17) is 4.74 Å². The van der Waals surface area contributed by atoms with Crippen LogP contribution in [-0.2, 0) is 4.79 Å². The van der Waals surface area contributed by atoms with Gasteiger partial charge < -0.3 is 10.1 Å². The fourth-order valence-corrected chi connectivity index (χ4v) is 2.88. The lowest BCUT2D eigenvalue weighted by molar-refractivity contribution is -0.117. The maximum atomic E-state index is 14.0. The minimum atomic E-state index is -0.274. The number of hydrogen-bond acceptors (Lipinski definition) is 3. The molecule has 0 radical (unpaired) electrons. The number of anilines is 1. The summed E-state index contributed by atoms with van der Waals surface area (Å²) in [7, 11) is 1.79. The summed E-state index contributed by atoms with van der Waals surface area (Å²) >= 11 is 0. The Kier molecular flexibility index (Phi) is 6.40. The number of hydrogen-bond donors (Lipinski definition) is 1. The van der Waals surface area contributed by atoms with E-state index in [9.17, 15) is 9.18 Å². The molecule has 4 nitrogen and oxygen atoms in total. The average Bonchev–Trinajstić information content (AvgIpc) is 2.70. The number of ether oxygens (including phenoxy) is 1. The zero-order chi connectivity index (χ0) is 19.9. The van der Waals surface area contributed by atoms with Gasteiger partial charge in [0.2, 0.25) is 5.91 Å². The van der Waals surface area contributed by atoms with Crippen LogP contribution in [0.5, 0.6) is 11.5 Å². The van der Waals surface area contributed by atoms with Crippen LogP contribution in [0.3, 0.4) is 0 Å². The highest BCUT2D eigenvalue weighted by Gasteiger charge is 2.18. The van der Waals surface area contributed by atoms with Gasteiger partial charge in [-0.15, -0.1) is 0 Å². The molecule has 1 N–H and O–H groups in total. The first-order chi connectivity index (χ1) is 13.5. The van der Waals surface area contributed by atoms with Crippen molar-refractivity contribution in [2.75, 3.05) is 18.9 Å². The molecule has 1 unspecified atom stereocenters. The molecular weight excluding hydrogens is 355 g/mol. The fraction of sp³-hybridized carbons (Fsp3) is 0.174. The van der Waals surface area contributed by atoms with Gasteiger partial charge in [0.25, 0.3) is 0 Å². The SMILES string of the molecule is CC(c1ccccc1F)N(C)CC(=O)Nc1ccccc1Oc1ccccc1. The third kappa shape index (κ3) is 4.96. The standard InChI is InChI=1S/C23H23FN2O2/c1-17(19-12-6-7-13-20(19)24)26(2)16-23(27)25-21-14-8-9-15-22(21)28-18-10-4-3-5-11-18/h3-15,17H,16H2,1-2H3,(H,25,27). The van der Waals surface area contributed by atoms with Gasteiger partial charge in [-0.3, -0.25) is 9.69 Å². The van der Waals surface area contributed by atoms with E-state index in [0.29, 0.717) is 22.7 Å². The molecule has 0 saturated carbocycles. The number of benzene rings is 3. The molecule has 0 heterocycles. The topological polar surface area (TPSA) is 41.6 Å². The van der Waals surface area contributed by atoms with Crippen LogP contribution < -0.4 is 10.1 Å². The Bertz CT molecular complexity index is 931. The monoisotopic (exact) mass is 378 g/mol. The molecule has 0 spiro atoms. The minimum absolute atomic E-state index is 0.120. The zero-order valence-electron chi connectivity index (χ0n) is 15.9. The Balaban J connectivity index is 1.66. The quantitative estimate of drug-likeness (QED) is 0.611. The van der Waals surface area contributed by atoms with Crippen LogP contribution >= 0.6 is 0 Å². The number of nitrogens with one attached hydrogen (secondary N) is 1. The van der Waals surface area contributed by atoms with Crippen molar-refractivity contribution >= 4 is 11.6 Å². The van der Waals surface area contributed by atoms with E-state index in [1.807, 2.05) is 49.4 Å². The molecule has 0 aliphatic heterocycles. The lowest BCUT2D eigenvalue weighted by Gasteiger charge is -2.25. The van der Waals surface area contributed by atoms with Gasteiger partial charge in [0.15, 0.2) is 5.75 Å². The highest BCUT2D eigenvalue weighted by molar-refractivity contribution is 5.93. The maximum Gasteiger partial charge on any atom is 0.238 e. The normalized spacial score (nSPS) is 11.9. The molecule has 3 rings (SSSR count). The van der Waals surface area contributed by atoms with E-state index < -0.39 is 0 Å². The summed E-state index contributed by atoms with van der Waals surface area (Å²) in [5.74, 6) is 0.778. The summed E-state index contributed by atoms with van der Waals surface area (Å²) in [4.78, 5) is 14.3. The van der Waals surface area contributed by atoms with Crippen molar-refractivity contribution in [3.63, 3.8) is 0 Å². The van der Waals surface area contributed by atoms with E-state index in [-0.39, 0.29) is 24.3 Å². The van der Waals surface area contributed by atoms with Crippen LogP contribution in [0.2, 0.25) is 0 Å². The molecule has 0 bridgehead atoms. The first-order valence-electron chi connectivity index (χ1n) is 9.11. The summed E-state index contributed by atoms with van der Waals surface area (Å²) in [6, 6.07) is 23.0. The first kappa shape index (κ1) is 19.6. The van der Waals surface area contributed by atoms with E-state index in [1.54, 1.807) is 42.3 Å². The zero-order valence-corrected chi connectivity index (χ0v) is 15.9. The largest absolute Gasteiger partial charge is 0.455 e. The predicted molar refractivity (Wildman–Crippen MR) is 109 cm³/mol. The third-order valence-electron chi connectivity index (χ3n) is 4.54. The van der Waals surface area contributed by atoms with Gasteiger partial charge in [-0.25, -0.2) is 4.39 Å². The van der Waals surface area contributed by atoms with Gasteiger partial charge in [-0.2, -0.15) is 0 Å². The average molecular weight is 378 g/mol. The molecule has 1 amide bonds. The second-order valence-electron chi connectivity index (χ2n) is 6.57. The summed E-state index contributed by atoms with van der Waals surface area (Å²) in [5, 5.41) is 2.88. The molecule has 0 aliphatic carbocycles. The van der Waals surface area contributed by atoms with E-state index in [2.05, 4.69) is 5.32 Å². The van der Waals surface area contributed by atoms with Gasteiger partial charge in [0, 0.05) is 11.6 Å². The van der Waals surface area contributed by atoms with Crippen LogP contribution in [0.25, 0.3) is 0 Å². The molecule has 0 aromatic heterocycles. The van der Waals surface area contributed by atoms with Crippen molar-refractivity contribution in [3.05, 3.63) is 90.2 Å². The minimum Gasteiger partial charge on any atom is -0.455 e. The predicted octanol–water partition coefficient (Wildman–Crippen LogP) is 5.25. The summed E-state index contributed by atoms with van der Waals surface area (Å²) in [6.45, 7) is 1.99. The van der Waals surface area contributed by atoms with Crippen LogP contribution in [0.15, 0.2) is 78.9 Å². The highest BCUT2D eigenvalue weighted by Crippen LogP contribution is 2.29. The lowest BCUT2D eigenvalue weighted by Crippen LogP contribution is -2.32. The van der Waals surface area contributed by atoms with Crippen molar-refractivity contribution in [1.29, 1.82) is 0 Å². The molecule has 0 saturated heterocycles. The Morgan fingerprint density at radius 1 is 1.00 bits per heavy atom. The molecule has 5 heteroatoms.